The fraction of sp³-hybridized carbons (Fsp3) is 0.0909. The SMILES string of the molecule is C=C(/C=C(C(=C)c1nc2nccc(-c3cccnc3)c2[nH]1)\C(N)=C/C)c1cncc(CNCc2ccccc2)c1. The smallest absolute Gasteiger partial charge is 0.178 e. The molecule has 0 fully saturated rings. The van der Waals surface area contributed by atoms with E-state index in [1.807, 2.05) is 67.9 Å². The molecule has 0 aliphatic heterocycles. The van der Waals surface area contributed by atoms with E-state index in [1.165, 1.54) is 5.56 Å². The first-order valence-electron chi connectivity index (χ1n) is 13.0. The monoisotopic (exact) mass is 525 g/mol. The van der Waals surface area contributed by atoms with Crippen LogP contribution in [0.4, 0.5) is 0 Å². The van der Waals surface area contributed by atoms with Crippen LogP contribution >= 0.6 is 0 Å². The lowest BCUT2D eigenvalue weighted by molar-refractivity contribution is 0.691. The largest absolute Gasteiger partial charge is 0.398 e. The Labute approximate surface area is 234 Å². The molecule has 0 radical (unpaired) electrons. The number of imidazole rings is 1. The number of allylic oxidation sites excluding steroid dienone is 4. The fourth-order valence-electron chi connectivity index (χ4n) is 4.41. The third kappa shape index (κ3) is 5.95. The topological polar surface area (TPSA) is 105 Å². The fourth-order valence-corrected chi connectivity index (χ4v) is 4.41. The van der Waals surface area contributed by atoms with E-state index in [0.29, 0.717) is 29.3 Å². The molecule has 5 aromatic rings. The lowest BCUT2D eigenvalue weighted by atomic mass is 9.98. The van der Waals surface area contributed by atoms with E-state index in [1.54, 1.807) is 18.6 Å². The minimum Gasteiger partial charge on any atom is -0.398 e. The molecule has 198 valence electrons. The van der Waals surface area contributed by atoms with Crippen LogP contribution in [0.15, 0.2) is 122 Å². The number of hydrogen-bond acceptors (Lipinski definition) is 6. The zero-order chi connectivity index (χ0) is 27.9. The summed E-state index contributed by atoms with van der Waals surface area (Å²) in [5, 5.41) is 3.47. The highest BCUT2D eigenvalue weighted by atomic mass is 15.0. The molecule has 0 spiro atoms. The van der Waals surface area contributed by atoms with E-state index in [9.17, 15) is 0 Å². The molecule has 4 heterocycles. The molecular formula is C33H31N7. The first-order valence-corrected chi connectivity index (χ1v) is 13.0. The lowest BCUT2D eigenvalue weighted by Gasteiger charge is -2.12. The summed E-state index contributed by atoms with van der Waals surface area (Å²) in [4.78, 5) is 21.3. The summed E-state index contributed by atoms with van der Waals surface area (Å²) in [5.41, 5.74) is 15.7. The highest BCUT2D eigenvalue weighted by molar-refractivity contribution is 5.93. The van der Waals surface area contributed by atoms with Crippen LogP contribution in [0.25, 0.3) is 33.4 Å². The van der Waals surface area contributed by atoms with E-state index in [-0.39, 0.29) is 0 Å². The number of pyridine rings is 3. The van der Waals surface area contributed by atoms with Crippen LogP contribution < -0.4 is 11.1 Å². The van der Waals surface area contributed by atoms with Gasteiger partial charge >= 0.3 is 0 Å². The summed E-state index contributed by atoms with van der Waals surface area (Å²) in [6, 6.07) is 18.2. The van der Waals surface area contributed by atoms with Crippen LogP contribution in [0.1, 0.15) is 29.4 Å². The molecule has 7 heteroatoms. The molecule has 4 aromatic heterocycles. The van der Waals surface area contributed by atoms with Crippen molar-refractivity contribution in [1.29, 1.82) is 0 Å². The average Bonchev–Trinajstić information content (AvgIpc) is 3.45. The number of aromatic amines is 1. The molecule has 0 amide bonds. The van der Waals surface area contributed by atoms with Gasteiger partial charge in [-0.15, -0.1) is 0 Å². The number of hydrogen-bond donors (Lipinski definition) is 3. The molecule has 0 saturated heterocycles. The quantitative estimate of drug-likeness (QED) is 0.187. The molecule has 0 saturated carbocycles. The second-order valence-corrected chi connectivity index (χ2v) is 9.36. The molecule has 7 nitrogen and oxygen atoms in total. The standard InChI is InChI=1S/C33H31N7/c1-4-30(34)29(15-22(2)27-16-25(19-37-21-27)18-36-17-24-9-6-5-7-10-24)23(3)32-39-31-28(12-14-38-33(31)40-32)26-11-8-13-35-20-26/h4-16,19-21,36H,2-3,17-18,34H2,1H3,(H,38,39,40)/b29-15-,30-4+. The Balaban J connectivity index is 1.39. The van der Waals surface area contributed by atoms with Gasteiger partial charge in [0.1, 0.15) is 5.82 Å². The van der Waals surface area contributed by atoms with Gasteiger partial charge in [0.05, 0.1) is 5.52 Å². The van der Waals surface area contributed by atoms with Crippen molar-refractivity contribution in [2.24, 2.45) is 5.73 Å². The number of benzene rings is 1. The van der Waals surface area contributed by atoms with Crippen molar-refractivity contribution in [1.82, 2.24) is 30.2 Å². The Kier molecular flexibility index (Phi) is 8.04. The van der Waals surface area contributed by atoms with Gasteiger partial charge in [-0.25, -0.2) is 9.97 Å². The number of fused-ring (bicyclic) bond motifs is 1. The molecular weight excluding hydrogens is 494 g/mol. The summed E-state index contributed by atoms with van der Waals surface area (Å²) in [5.74, 6) is 0.583. The minimum atomic E-state index is 0.570. The normalized spacial score (nSPS) is 12.0. The molecule has 0 atom stereocenters. The van der Waals surface area contributed by atoms with Gasteiger partial charge in [0, 0.05) is 72.0 Å². The number of nitrogens with one attached hydrogen (secondary N) is 2. The zero-order valence-corrected chi connectivity index (χ0v) is 22.4. The molecule has 4 N–H and O–H groups in total. The predicted octanol–water partition coefficient (Wildman–Crippen LogP) is 6.22. The van der Waals surface area contributed by atoms with E-state index >= 15 is 0 Å². The lowest BCUT2D eigenvalue weighted by Crippen LogP contribution is -2.12. The maximum absolute atomic E-state index is 6.45. The Morgan fingerprint density at radius 2 is 1.77 bits per heavy atom. The van der Waals surface area contributed by atoms with Crippen molar-refractivity contribution in [3.8, 4) is 11.1 Å². The molecule has 0 aliphatic rings. The Bertz CT molecular complexity index is 1710. The second-order valence-electron chi connectivity index (χ2n) is 9.36. The van der Waals surface area contributed by atoms with Crippen LogP contribution in [0, 0.1) is 0 Å². The average molecular weight is 526 g/mol. The number of nitrogens with zero attached hydrogens (tertiary/aromatic N) is 4. The molecule has 5 rings (SSSR count). The van der Waals surface area contributed by atoms with Gasteiger partial charge in [-0.3, -0.25) is 9.97 Å². The summed E-state index contributed by atoms with van der Waals surface area (Å²) >= 11 is 0. The van der Waals surface area contributed by atoms with Crippen LogP contribution in [-0.4, -0.2) is 24.9 Å². The number of aromatic nitrogens is 5. The van der Waals surface area contributed by atoms with Crippen molar-refractivity contribution in [3.63, 3.8) is 0 Å². The summed E-state index contributed by atoms with van der Waals surface area (Å²) < 4.78 is 0. The summed E-state index contributed by atoms with van der Waals surface area (Å²) in [6.45, 7) is 12.0. The van der Waals surface area contributed by atoms with Crippen LogP contribution in [0.3, 0.4) is 0 Å². The maximum Gasteiger partial charge on any atom is 0.178 e. The highest BCUT2D eigenvalue weighted by Gasteiger charge is 2.16. The van der Waals surface area contributed by atoms with E-state index in [4.69, 9.17) is 10.7 Å². The van der Waals surface area contributed by atoms with Gasteiger partial charge in [0.15, 0.2) is 5.65 Å². The Morgan fingerprint density at radius 1 is 0.950 bits per heavy atom. The predicted molar refractivity (Wildman–Crippen MR) is 162 cm³/mol. The second kappa shape index (κ2) is 12.1. The molecule has 0 unspecified atom stereocenters. The zero-order valence-electron chi connectivity index (χ0n) is 22.4. The van der Waals surface area contributed by atoms with Crippen molar-refractivity contribution >= 4 is 22.3 Å². The molecule has 40 heavy (non-hydrogen) atoms. The van der Waals surface area contributed by atoms with E-state index in [2.05, 4.69) is 56.6 Å². The third-order valence-corrected chi connectivity index (χ3v) is 6.58. The Morgan fingerprint density at radius 3 is 2.55 bits per heavy atom. The van der Waals surface area contributed by atoms with Gasteiger partial charge in [-0.2, -0.15) is 0 Å². The molecule has 0 aliphatic carbocycles. The molecule has 0 bridgehead atoms. The number of nitrogens with two attached hydrogens (primary N) is 1. The van der Waals surface area contributed by atoms with Gasteiger partial charge in [0.25, 0.3) is 0 Å². The molecule has 1 aromatic carbocycles. The van der Waals surface area contributed by atoms with Gasteiger partial charge in [-0.05, 0) is 53.5 Å². The third-order valence-electron chi connectivity index (χ3n) is 6.58. The summed E-state index contributed by atoms with van der Waals surface area (Å²) in [6.07, 6.45) is 12.7. The first kappa shape index (κ1) is 26.5. The van der Waals surface area contributed by atoms with Crippen molar-refractivity contribution < 1.29 is 0 Å². The van der Waals surface area contributed by atoms with Crippen LogP contribution in [0.5, 0.6) is 0 Å². The Hall–Kier alpha value is -5.14. The van der Waals surface area contributed by atoms with Gasteiger partial charge in [-0.1, -0.05) is 55.6 Å². The van der Waals surface area contributed by atoms with Crippen LogP contribution in [-0.2, 0) is 13.1 Å². The minimum absolute atomic E-state index is 0.570. The van der Waals surface area contributed by atoms with E-state index in [0.717, 1.165) is 45.5 Å². The van der Waals surface area contributed by atoms with Crippen molar-refractivity contribution in [3.05, 3.63) is 145 Å². The maximum atomic E-state index is 6.45. The van der Waals surface area contributed by atoms with E-state index < -0.39 is 0 Å². The first-order chi connectivity index (χ1) is 19.5. The number of H-pyrrole nitrogens is 1. The van der Waals surface area contributed by atoms with Gasteiger partial charge < -0.3 is 16.0 Å². The van der Waals surface area contributed by atoms with Crippen molar-refractivity contribution in [2.45, 2.75) is 20.0 Å². The van der Waals surface area contributed by atoms with Gasteiger partial charge in [0.2, 0.25) is 0 Å². The summed E-state index contributed by atoms with van der Waals surface area (Å²) in [7, 11) is 0. The van der Waals surface area contributed by atoms with Crippen molar-refractivity contribution in [2.75, 3.05) is 0 Å². The highest BCUT2D eigenvalue weighted by Crippen LogP contribution is 2.31. The number of rotatable bonds is 10. The van der Waals surface area contributed by atoms with Crippen LogP contribution in [0.2, 0.25) is 0 Å².